The maximum absolute atomic E-state index is 4.10. The Hall–Kier alpha value is -2.16. The summed E-state index contributed by atoms with van der Waals surface area (Å²) in [6, 6.07) is 6.20. The molecule has 0 fully saturated rings. The molecule has 1 aromatic rings. The van der Waals surface area contributed by atoms with Crippen molar-refractivity contribution in [2.75, 3.05) is 11.9 Å². The molecule has 0 spiro atoms. The van der Waals surface area contributed by atoms with Gasteiger partial charge in [-0.1, -0.05) is 19.2 Å². The first-order valence-corrected chi connectivity index (χ1v) is 6.60. The van der Waals surface area contributed by atoms with Crippen LogP contribution in [0.4, 0.5) is 5.82 Å². The molecule has 1 heterocycles. The molecular weight excluding hydrogens is 246 g/mol. The maximum Gasteiger partial charge on any atom is 0.286 e. The Labute approximate surface area is 122 Å². The summed E-state index contributed by atoms with van der Waals surface area (Å²) in [6.45, 7) is 14.1. The molecule has 0 saturated carbocycles. The van der Waals surface area contributed by atoms with Gasteiger partial charge >= 0.3 is 0 Å². The van der Waals surface area contributed by atoms with Crippen molar-refractivity contribution < 1.29 is 4.57 Å². The van der Waals surface area contributed by atoms with E-state index in [2.05, 4.69) is 53.6 Å². The number of rotatable bonds is 5. The van der Waals surface area contributed by atoms with Crippen molar-refractivity contribution in [1.29, 1.82) is 0 Å². The first-order valence-electron chi connectivity index (χ1n) is 6.60. The van der Waals surface area contributed by atoms with Gasteiger partial charge in [0.2, 0.25) is 0 Å². The predicted octanol–water partition coefficient (Wildman–Crippen LogP) is 3.32. The molecule has 1 rings (SSSR count). The number of pyridine rings is 1. The van der Waals surface area contributed by atoms with E-state index in [9.17, 15) is 0 Å². The third-order valence-electron chi connectivity index (χ3n) is 3.44. The van der Waals surface area contributed by atoms with Crippen molar-refractivity contribution in [2.24, 2.45) is 12.0 Å². The fraction of sp³-hybridized carbons (Fsp3) is 0.294. The zero-order valence-electron chi connectivity index (χ0n) is 13.1. The van der Waals surface area contributed by atoms with Gasteiger partial charge in [0, 0.05) is 24.9 Å². The zero-order valence-corrected chi connectivity index (χ0v) is 13.1. The summed E-state index contributed by atoms with van der Waals surface area (Å²) >= 11 is 0. The van der Waals surface area contributed by atoms with Gasteiger partial charge in [-0.3, -0.25) is 4.99 Å². The summed E-state index contributed by atoms with van der Waals surface area (Å²) < 4.78 is 2.13. The molecule has 0 aliphatic carbocycles. The van der Waals surface area contributed by atoms with Crippen LogP contribution in [-0.4, -0.2) is 13.3 Å². The normalized spacial score (nSPS) is 12.2. The molecular formula is C17H24N3+. The number of aliphatic imine (C=N–C) groups is 1. The molecule has 0 saturated heterocycles. The Morgan fingerprint density at radius 2 is 2.00 bits per heavy atom. The lowest BCUT2D eigenvalue weighted by Crippen LogP contribution is -2.40. The van der Waals surface area contributed by atoms with Crippen LogP contribution in [0.25, 0.3) is 0 Å². The molecule has 1 aromatic heterocycles. The molecule has 0 aliphatic rings. The van der Waals surface area contributed by atoms with Crippen LogP contribution in [0.3, 0.4) is 0 Å². The summed E-state index contributed by atoms with van der Waals surface area (Å²) in [7, 11) is 3.82. The number of allylic oxidation sites excluding steroid dienone is 3. The van der Waals surface area contributed by atoms with Crippen LogP contribution in [0, 0.1) is 6.92 Å². The smallest absolute Gasteiger partial charge is 0.286 e. The molecule has 0 amide bonds. The van der Waals surface area contributed by atoms with Gasteiger partial charge < -0.3 is 0 Å². The van der Waals surface area contributed by atoms with E-state index in [0.717, 1.165) is 22.8 Å². The molecule has 0 atom stereocenters. The summed E-state index contributed by atoms with van der Waals surface area (Å²) in [5.74, 6) is 1.05. The van der Waals surface area contributed by atoms with E-state index in [0.29, 0.717) is 0 Å². The van der Waals surface area contributed by atoms with Crippen LogP contribution in [0.15, 0.2) is 59.4 Å². The topological polar surface area (TPSA) is 19.5 Å². The van der Waals surface area contributed by atoms with Crippen molar-refractivity contribution in [3.05, 3.63) is 60.1 Å². The number of anilines is 1. The largest absolute Gasteiger partial charge is 0.296 e. The Morgan fingerprint density at radius 3 is 2.55 bits per heavy atom. The number of hydrogen-bond acceptors (Lipinski definition) is 2. The first kappa shape index (κ1) is 15.9. The van der Waals surface area contributed by atoms with Crippen molar-refractivity contribution in [3.63, 3.8) is 0 Å². The molecule has 0 aliphatic heterocycles. The number of hydrogen-bond donors (Lipinski definition) is 0. The van der Waals surface area contributed by atoms with E-state index in [1.165, 1.54) is 5.69 Å². The molecule has 106 valence electrons. The van der Waals surface area contributed by atoms with Gasteiger partial charge in [0.05, 0.1) is 7.05 Å². The first-order chi connectivity index (χ1) is 9.43. The second-order valence-electron chi connectivity index (χ2n) is 4.77. The lowest BCUT2D eigenvalue weighted by molar-refractivity contribution is -0.664. The third kappa shape index (κ3) is 3.23. The SMILES string of the molecule is C=CC(=C)N(/C(C)=C(\C)C=NC)c1cccc(C)[n+]1C. The van der Waals surface area contributed by atoms with Gasteiger partial charge in [0.25, 0.3) is 5.82 Å². The minimum Gasteiger partial charge on any atom is -0.296 e. The van der Waals surface area contributed by atoms with Crippen LogP contribution in [0.5, 0.6) is 0 Å². The van der Waals surface area contributed by atoms with Crippen molar-refractivity contribution in [3.8, 4) is 0 Å². The van der Waals surface area contributed by atoms with E-state index >= 15 is 0 Å². The highest BCUT2D eigenvalue weighted by molar-refractivity contribution is 5.80. The molecule has 0 unspecified atom stereocenters. The van der Waals surface area contributed by atoms with Crippen LogP contribution < -0.4 is 9.47 Å². The van der Waals surface area contributed by atoms with Crippen LogP contribution in [0.1, 0.15) is 19.5 Å². The summed E-state index contributed by atoms with van der Waals surface area (Å²) in [4.78, 5) is 6.18. The Bertz CT molecular complexity index is 580. The molecule has 0 aromatic carbocycles. The minimum absolute atomic E-state index is 0.840. The average molecular weight is 270 g/mol. The van der Waals surface area contributed by atoms with E-state index < -0.39 is 0 Å². The molecule has 20 heavy (non-hydrogen) atoms. The van der Waals surface area contributed by atoms with Crippen molar-refractivity contribution in [1.82, 2.24) is 0 Å². The second-order valence-corrected chi connectivity index (χ2v) is 4.77. The highest BCUT2D eigenvalue weighted by Gasteiger charge is 2.24. The summed E-state index contributed by atoms with van der Waals surface area (Å²) in [6.07, 6.45) is 3.62. The standard InChI is InChI=1S/C17H24N3/c1-8-14(3)20(16(5)13(2)12-18-6)17-11-9-10-15(4)19(17)7/h8-12H,1,3H2,2,4-7H3/q+1/b16-13+,18-12?. The summed E-state index contributed by atoms with van der Waals surface area (Å²) in [5, 5.41) is 0. The van der Waals surface area contributed by atoms with Gasteiger partial charge in [-0.25, -0.2) is 4.57 Å². The van der Waals surface area contributed by atoms with Crippen molar-refractivity contribution in [2.45, 2.75) is 20.8 Å². The summed E-state index contributed by atoms with van der Waals surface area (Å²) in [5.41, 5.74) is 4.20. The predicted molar refractivity (Wildman–Crippen MR) is 87.0 cm³/mol. The Balaban J connectivity index is 3.49. The van der Waals surface area contributed by atoms with Crippen molar-refractivity contribution >= 4 is 12.0 Å². The molecule has 0 bridgehead atoms. The van der Waals surface area contributed by atoms with Gasteiger partial charge in [-0.15, -0.1) is 0 Å². The molecule has 3 nitrogen and oxygen atoms in total. The van der Waals surface area contributed by atoms with Crippen LogP contribution in [-0.2, 0) is 7.05 Å². The molecule has 0 N–H and O–H groups in total. The molecule has 0 radical (unpaired) electrons. The van der Waals surface area contributed by atoms with E-state index in [1.807, 2.05) is 26.3 Å². The lowest BCUT2D eigenvalue weighted by atomic mass is 10.2. The minimum atomic E-state index is 0.840. The average Bonchev–Trinajstić information content (AvgIpc) is 2.43. The maximum atomic E-state index is 4.10. The van der Waals surface area contributed by atoms with Gasteiger partial charge in [0.15, 0.2) is 0 Å². The third-order valence-corrected chi connectivity index (χ3v) is 3.44. The van der Waals surface area contributed by atoms with E-state index in [-0.39, 0.29) is 0 Å². The zero-order chi connectivity index (χ0) is 15.3. The van der Waals surface area contributed by atoms with Crippen LogP contribution in [0.2, 0.25) is 0 Å². The number of aromatic nitrogens is 1. The van der Waals surface area contributed by atoms with Crippen LogP contribution >= 0.6 is 0 Å². The Kier molecular flexibility index (Phi) is 5.44. The van der Waals surface area contributed by atoms with E-state index in [1.54, 1.807) is 13.1 Å². The van der Waals surface area contributed by atoms with E-state index in [4.69, 9.17) is 0 Å². The fourth-order valence-corrected chi connectivity index (χ4v) is 1.99. The lowest BCUT2D eigenvalue weighted by Gasteiger charge is -2.20. The number of aryl methyl sites for hydroxylation is 1. The molecule has 3 heteroatoms. The Morgan fingerprint density at radius 1 is 1.35 bits per heavy atom. The van der Waals surface area contributed by atoms with Gasteiger partial charge in [-0.05, 0) is 32.9 Å². The monoisotopic (exact) mass is 270 g/mol. The van der Waals surface area contributed by atoms with Gasteiger partial charge in [0.1, 0.15) is 17.1 Å². The quantitative estimate of drug-likeness (QED) is 0.456. The fourth-order valence-electron chi connectivity index (χ4n) is 1.99. The second kappa shape index (κ2) is 6.85. The highest BCUT2D eigenvalue weighted by atomic mass is 15.2. The number of nitrogens with zero attached hydrogens (tertiary/aromatic N) is 3. The highest BCUT2D eigenvalue weighted by Crippen LogP contribution is 2.22. The van der Waals surface area contributed by atoms with Gasteiger partial charge in [-0.2, -0.15) is 4.90 Å².